The average Bonchev–Trinajstić information content (AvgIpc) is 2.76. The number of hydrogen-bond acceptors (Lipinski definition) is 5. The number of hydrogen-bond donors (Lipinski definition) is 1. The number of likely N-dealkylation sites (tertiary alicyclic amines) is 1. The Hall–Kier alpha value is -1.37. The fourth-order valence-electron chi connectivity index (χ4n) is 4.71. The largest absolute Gasteiger partial charge is 0.378 e. The lowest BCUT2D eigenvalue weighted by molar-refractivity contribution is 0.0302. The number of amides is 1. The van der Waals surface area contributed by atoms with Crippen LogP contribution in [0.5, 0.6) is 0 Å². The Bertz CT molecular complexity index is 674. The zero-order chi connectivity index (χ0) is 19.3. The van der Waals surface area contributed by atoms with Crippen molar-refractivity contribution in [2.75, 3.05) is 44.7 Å². The summed E-state index contributed by atoms with van der Waals surface area (Å²) in [6.45, 7) is 4.68. The number of piperidine rings is 1. The van der Waals surface area contributed by atoms with E-state index in [4.69, 9.17) is 16.3 Å². The van der Waals surface area contributed by atoms with Crippen molar-refractivity contribution in [2.45, 2.75) is 57.0 Å². The maximum absolute atomic E-state index is 12.6. The first-order valence-corrected chi connectivity index (χ1v) is 11.1. The average molecular weight is 407 g/mol. The second-order valence-electron chi connectivity index (χ2n) is 8.23. The van der Waals surface area contributed by atoms with Crippen molar-refractivity contribution in [3.05, 3.63) is 22.8 Å². The molecule has 3 heterocycles. The minimum atomic E-state index is -0.0228. The number of rotatable bonds is 4. The Kier molecular flexibility index (Phi) is 6.70. The zero-order valence-electron chi connectivity index (χ0n) is 16.5. The number of nitrogens with zero attached hydrogens (tertiary/aromatic N) is 3. The van der Waals surface area contributed by atoms with E-state index in [2.05, 4.69) is 15.2 Å². The molecule has 0 aromatic carbocycles. The first-order chi connectivity index (χ1) is 13.7. The molecule has 3 aliphatic rings. The summed E-state index contributed by atoms with van der Waals surface area (Å²) in [7, 11) is 0. The van der Waals surface area contributed by atoms with E-state index >= 15 is 0 Å². The van der Waals surface area contributed by atoms with E-state index < -0.39 is 0 Å². The van der Waals surface area contributed by atoms with E-state index in [-0.39, 0.29) is 5.91 Å². The number of carbonyl (C=O) groups is 1. The maximum Gasteiger partial charge on any atom is 0.255 e. The molecular weight excluding hydrogens is 376 g/mol. The molecule has 1 saturated carbocycles. The van der Waals surface area contributed by atoms with Gasteiger partial charge >= 0.3 is 0 Å². The van der Waals surface area contributed by atoms with E-state index in [9.17, 15) is 4.79 Å². The topological polar surface area (TPSA) is 57.7 Å². The summed E-state index contributed by atoms with van der Waals surface area (Å²) in [5, 5.41) is 4.06. The minimum Gasteiger partial charge on any atom is -0.378 e. The van der Waals surface area contributed by atoms with Crippen molar-refractivity contribution in [3.8, 4) is 0 Å². The fraction of sp³-hybridized carbons (Fsp3) is 0.714. The van der Waals surface area contributed by atoms with Gasteiger partial charge in [0.2, 0.25) is 0 Å². The van der Waals surface area contributed by atoms with Crippen LogP contribution in [0.15, 0.2) is 12.3 Å². The van der Waals surface area contributed by atoms with E-state index in [1.165, 1.54) is 45.1 Å². The molecule has 0 radical (unpaired) electrons. The maximum atomic E-state index is 12.6. The van der Waals surface area contributed by atoms with Crippen LogP contribution >= 0.6 is 11.6 Å². The number of nitrogens with one attached hydrogen (secondary N) is 1. The third-order valence-electron chi connectivity index (χ3n) is 6.27. The molecule has 2 aliphatic heterocycles. The molecule has 1 unspecified atom stereocenters. The van der Waals surface area contributed by atoms with Gasteiger partial charge in [-0.1, -0.05) is 30.9 Å². The van der Waals surface area contributed by atoms with Gasteiger partial charge in [0, 0.05) is 37.9 Å². The van der Waals surface area contributed by atoms with Crippen molar-refractivity contribution in [3.63, 3.8) is 0 Å². The predicted octanol–water partition coefficient (Wildman–Crippen LogP) is 3.42. The van der Waals surface area contributed by atoms with E-state index in [0.717, 1.165) is 19.0 Å². The lowest BCUT2D eigenvalue weighted by Crippen LogP contribution is -2.47. The quantitative estimate of drug-likeness (QED) is 0.830. The Morgan fingerprint density at radius 1 is 1.11 bits per heavy atom. The fourth-order valence-corrected chi connectivity index (χ4v) is 4.93. The molecule has 0 bridgehead atoms. The number of morpholine rings is 1. The normalized spacial score (nSPS) is 24.9. The SMILES string of the molecule is O=C(c1cnc(NC2CCCN(C3CCCCC3)C2)c(Cl)c1)N1CCOCC1. The summed E-state index contributed by atoms with van der Waals surface area (Å²) in [4.78, 5) is 21.6. The molecule has 7 heteroatoms. The highest BCUT2D eigenvalue weighted by atomic mass is 35.5. The second-order valence-corrected chi connectivity index (χ2v) is 8.64. The summed E-state index contributed by atoms with van der Waals surface area (Å²) < 4.78 is 5.32. The monoisotopic (exact) mass is 406 g/mol. The van der Waals surface area contributed by atoms with Crippen LogP contribution in [0.2, 0.25) is 5.02 Å². The summed E-state index contributed by atoms with van der Waals surface area (Å²) in [5.74, 6) is 0.668. The smallest absolute Gasteiger partial charge is 0.255 e. The third-order valence-corrected chi connectivity index (χ3v) is 6.56. The summed E-state index contributed by atoms with van der Waals surface area (Å²) in [5.41, 5.74) is 0.546. The molecular formula is C21H31ClN4O2. The molecule has 1 atom stereocenters. The number of anilines is 1. The Labute approximate surface area is 172 Å². The molecule has 4 rings (SSSR count). The highest BCUT2D eigenvalue weighted by Crippen LogP contribution is 2.28. The van der Waals surface area contributed by atoms with Crippen LogP contribution in [0.25, 0.3) is 0 Å². The zero-order valence-corrected chi connectivity index (χ0v) is 17.3. The number of ether oxygens (including phenoxy) is 1. The van der Waals surface area contributed by atoms with E-state index in [1.807, 2.05) is 0 Å². The molecule has 154 valence electrons. The lowest BCUT2D eigenvalue weighted by atomic mass is 9.92. The number of pyridine rings is 1. The van der Waals surface area contributed by atoms with Crippen molar-refractivity contribution >= 4 is 23.3 Å². The summed E-state index contributed by atoms with van der Waals surface area (Å²) in [6, 6.07) is 2.85. The van der Waals surface area contributed by atoms with Gasteiger partial charge in [0.05, 0.1) is 23.8 Å². The van der Waals surface area contributed by atoms with Crippen LogP contribution in [0.3, 0.4) is 0 Å². The van der Waals surface area contributed by atoms with Gasteiger partial charge in [0.25, 0.3) is 5.91 Å². The third kappa shape index (κ3) is 4.78. The van der Waals surface area contributed by atoms with Crippen molar-refractivity contribution in [2.24, 2.45) is 0 Å². The molecule has 3 fully saturated rings. The van der Waals surface area contributed by atoms with Crippen molar-refractivity contribution < 1.29 is 9.53 Å². The number of carbonyl (C=O) groups excluding carboxylic acids is 1. The van der Waals surface area contributed by atoms with E-state index in [1.54, 1.807) is 17.2 Å². The van der Waals surface area contributed by atoms with Gasteiger partial charge in [0.15, 0.2) is 0 Å². The van der Waals surface area contributed by atoms with Crippen LogP contribution in [0, 0.1) is 0 Å². The Balaban J connectivity index is 1.37. The Morgan fingerprint density at radius 3 is 2.64 bits per heavy atom. The molecule has 1 aromatic rings. The summed E-state index contributed by atoms with van der Waals surface area (Å²) in [6.07, 6.45) is 10.8. The highest BCUT2D eigenvalue weighted by molar-refractivity contribution is 6.33. The second kappa shape index (κ2) is 9.42. The van der Waals surface area contributed by atoms with Gasteiger partial charge in [-0.05, 0) is 38.3 Å². The Morgan fingerprint density at radius 2 is 1.89 bits per heavy atom. The molecule has 1 aromatic heterocycles. The molecule has 6 nitrogen and oxygen atoms in total. The molecule has 28 heavy (non-hydrogen) atoms. The molecule has 2 saturated heterocycles. The van der Waals surface area contributed by atoms with Crippen molar-refractivity contribution in [1.82, 2.24) is 14.8 Å². The lowest BCUT2D eigenvalue weighted by Gasteiger charge is -2.40. The number of halogens is 1. The van der Waals surface area contributed by atoms with Gasteiger partial charge in [0.1, 0.15) is 5.82 Å². The molecule has 1 N–H and O–H groups in total. The van der Waals surface area contributed by atoms with Crippen LogP contribution in [0.1, 0.15) is 55.3 Å². The standard InChI is InChI=1S/C21H31ClN4O2/c22-19-13-16(21(27)25-9-11-28-12-10-25)14-23-20(19)24-17-5-4-8-26(15-17)18-6-2-1-3-7-18/h13-14,17-18H,1-12,15H2,(H,23,24). The van der Waals surface area contributed by atoms with Crippen LogP contribution in [0.4, 0.5) is 5.82 Å². The molecule has 1 aliphatic carbocycles. The van der Waals surface area contributed by atoms with Crippen LogP contribution in [-0.4, -0.2) is 72.2 Å². The van der Waals surface area contributed by atoms with Crippen LogP contribution < -0.4 is 5.32 Å². The summed E-state index contributed by atoms with van der Waals surface area (Å²) >= 11 is 6.48. The first-order valence-electron chi connectivity index (χ1n) is 10.7. The van der Waals surface area contributed by atoms with Gasteiger partial charge in [-0.2, -0.15) is 0 Å². The van der Waals surface area contributed by atoms with Gasteiger partial charge in [-0.25, -0.2) is 4.98 Å². The molecule has 0 spiro atoms. The molecule has 1 amide bonds. The first kappa shape index (κ1) is 19.9. The van der Waals surface area contributed by atoms with Gasteiger partial charge < -0.3 is 15.0 Å². The van der Waals surface area contributed by atoms with Gasteiger partial charge in [-0.3, -0.25) is 9.69 Å². The minimum absolute atomic E-state index is 0.0228. The van der Waals surface area contributed by atoms with Crippen molar-refractivity contribution in [1.29, 1.82) is 0 Å². The number of aromatic nitrogens is 1. The highest BCUT2D eigenvalue weighted by Gasteiger charge is 2.27. The van der Waals surface area contributed by atoms with E-state index in [0.29, 0.717) is 48.7 Å². The van der Waals surface area contributed by atoms with Gasteiger partial charge in [-0.15, -0.1) is 0 Å². The van der Waals surface area contributed by atoms with Crippen LogP contribution in [-0.2, 0) is 4.74 Å². The predicted molar refractivity (Wildman–Crippen MR) is 111 cm³/mol.